The van der Waals surface area contributed by atoms with Gasteiger partial charge in [-0.25, -0.2) is 4.39 Å². The van der Waals surface area contributed by atoms with Crippen LogP contribution in [0.4, 0.5) is 17.6 Å². The Morgan fingerprint density at radius 1 is 1.44 bits per heavy atom. The van der Waals surface area contributed by atoms with Crippen molar-refractivity contribution in [3.63, 3.8) is 0 Å². The van der Waals surface area contributed by atoms with E-state index in [0.717, 1.165) is 6.07 Å². The zero-order valence-corrected chi connectivity index (χ0v) is 9.52. The molecule has 1 aromatic rings. The number of benzene rings is 1. The lowest BCUT2D eigenvalue weighted by molar-refractivity contribution is -0.143. The van der Waals surface area contributed by atoms with Gasteiger partial charge in [0, 0.05) is 10.6 Å². The Bertz CT molecular complexity index is 430. The molecule has 1 unspecified atom stereocenters. The lowest BCUT2D eigenvalue weighted by Gasteiger charge is -2.17. The Hall–Kier alpha value is -1.34. The summed E-state index contributed by atoms with van der Waals surface area (Å²) >= 11 is 5.59. The van der Waals surface area contributed by atoms with Gasteiger partial charge in [-0.2, -0.15) is 13.2 Å². The Labute approximate surface area is 104 Å². The molecule has 1 atom stereocenters. The molecule has 0 heterocycles. The van der Waals surface area contributed by atoms with Gasteiger partial charge in [-0.1, -0.05) is 17.7 Å². The second-order valence-corrected chi connectivity index (χ2v) is 3.81. The van der Waals surface area contributed by atoms with E-state index in [1.807, 2.05) is 0 Å². The zero-order valence-electron chi connectivity index (χ0n) is 8.76. The number of aliphatic carboxylic acids is 1. The number of carboxylic acid groups (broad SMARTS) is 1. The van der Waals surface area contributed by atoms with Gasteiger partial charge in [0.2, 0.25) is 0 Å². The molecule has 18 heavy (non-hydrogen) atoms. The first kappa shape index (κ1) is 14.7. The highest BCUT2D eigenvalue weighted by atomic mass is 35.5. The molecule has 0 radical (unpaired) electrons. The molecule has 0 fully saturated rings. The minimum absolute atomic E-state index is 0.253. The van der Waals surface area contributed by atoms with E-state index < -0.39 is 36.1 Å². The lowest BCUT2D eigenvalue weighted by Crippen LogP contribution is -2.36. The average Bonchev–Trinajstić information content (AvgIpc) is 2.20. The Morgan fingerprint density at radius 3 is 2.50 bits per heavy atom. The number of halogens is 5. The van der Waals surface area contributed by atoms with Crippen molar-refractivity contribution in [3.8, 4) is 0 Å². The van der Waals surface area contributed by atoms with Crippen LogP contribution in [0.3, 0.4) is 0 Å². The molecule has 0 amide bonds. The monoisotopic (exact) mass is 285 g/mol. The molecule has 100 valence electrons. The van der Waals surface area contributed by atoms with Crippen LogP contribution < -0.4 is 5.32 Å². The van der Waals surface area contributed by atoms with Crippen LogP contribution in [-0.4, -0.2) is 23.8 Å². The lowest BCUT2D eigenvalue weighted by atomic mass is 10.1. The molecule has 8 heteroatoms. The first-order valence-electron chi connectivity index (χ1n) is 4.69. The van der Waals surface area contributed by atoms with Crippen LogP contribution in [0.5, 0.6) is 0 Å². The van der Waals surface area contributed by atoms with Gasteiger partial charge < -0.3 is 5.11 Å². The van der Waals surface area contributed by atoms with E-state index in [1.165, 1.54) is 12.1 Å². The molecule has 0 aliphatic rings. The summed E-state index contributed by atoms with van der Waals surface area (Å²) < 4.78 is 49.5. The molecule has 1 rings (SSSR count). The molecule has 0 aliphatic carbocycles. The third-order valence-electron chi connectivity index (χ3n) is 2.04. The highest BCUT2D eigenvalue weighted by Crippen LogP contribution is 2.27. The van der Waals surface area contributed by atoms with E-state index in [2.05, 4.69) is 0 Å². The average molecular weight is 286 g/mol. The molecule has 0 saturated heterocycles. The zero-order chi connectivity index (χ0) is 13.9. The van der Waals surface area contributed by atoms with Crippen molar-refractivity contribution in [3.05, 3.63) is 34.6 Å². The number of carboxylic acids is 1. The first-order chi connectivity index (χ1) is 8.22. The van der Waals surface area contributed by atoms with Gasteiger partial charge in [-0.3, -0.25) is 10.1 Å². The maximum Gasteiger partial charge on any atom is 0.401 e. The van der Waals surface area contributed by atoms with E-state index in [-0.39, 0.29) is 5.02 Å². The number of nitrogens with one attached hydrogen (secondary N) is 1. The summed E-state index contributed by atoms with van der Waals surface area (Å²) in [6, 6.07) is 1.49. The van der Waals surface area contributed by atoms with Crippen molar-refractivity contribution in [2.24, 2.45) is 0 Å². The van der Waals surface area contributed by atoms with E-state index in [0.29, 0.717) is 0 Å². The first-order valence-corrected chi connectivity index (χ1v) is 5.07. The number of hydrogen-bond donors (Lipinski definition) is 2. The highest BCUT2D eigenvalue weighted by molar-refractivity contribution is 6.31. The highest BCUT2D eigenvalue weighted by Gasteiger charge is 2.32. The predicted octanol–water partition coefficient (Wildman–Crippen LogP) is 2.76. The maximum absolute atomic E-state index is 13.4. The summed E-state index contributed by atoms with van der Waals surface area (Å²) in [5.41, 5.74) is -0.518. The summed E-state index contributed by atoms with van der Waals surface area (Å²) in [6.07, 6.45) is -4.61. The number of alkyl halides is 3. The third kappa shape index (κ3) is 3.85. The fourth-order valence-electron chi connectivity index (χ4n) is 1.32. The molecule has 0 bridgehead atoms. The Morgan fingerprint density at radius 2 is 2.06 bits per heavy atom. The fourth-order valence-corrected chi connectivity index (χ4v) is 1.59. The number of rotatable bonds is 4. The normalized spacial score (nSPS) is 13.4. The molecule has 0 aromatic heterocycles. The summed E-state index contributed by atoms with van der Waals surface area (Å²) in [6.45, 7) is -1.56. The van der Waals surface area contributed by atoms with Crippen LogP contribution in [0.15, 0.2) is 18.2 Å². The van der Waals surface area contributed by atoms with Gasteiger partial charge in [-0.05, 0) is 12.1 Å². The minimum Gasteiger partial charge on any atom is -0.480 e. The fraction of sp³-hybridized carbons (Fsp3) is 0.300. The van der Waals surface area contributed by atoms with Crippen LogP contribution in [0.1, 0.15) is 11.6 Å². The second-order valence-electron chi connectivity index (χ2n) is 3.40. The van der Waals surface area contributed by atoms with Crippen molar-refractivity contribution in [2.75, 3.05) is 6.54 Å². The topological polar surface area (TPSA) is 49.3 Å². The molecule has 0 aliphatic heterocycles. The smallest absolute Gasteiger partial charge is 0.401 e. The SMILES string of the molecule is O=C(O)C(NCC(F)(F)F)c1c(F)cccc1Cl. The molecule has 1 aromatic carbocycles. The van der Waals surface area contributed by atoms with Crippen LogP contribution in [0.2, 0.25) is 5.02 Å². The third-order valence-corrected chi connectivity index (χ3v) is 2.37. The van der Waals surface area contributed by atoms with Gasteiger partial charge in [0.25, 0.3) is 0 Å². The van der Waals surface area contributed by atoms with E-state index in [1.54, 1.807) is 5.32 Å². The molecule has 3 nitrogen and oxygen atoms in total. The molecule has 2 N–H and O–H groups in total. The van der Waals surface area contributed by atoms with Gasteiger partial charge >= 0.3 is 12.1 Å². The van der Waals surface area contributed by atoms with Gasteiger partial charge in [-0.15, -0.1) is 0 Å². The minimum atomic E-state index is -4.61. The summed E-state index contributed by atoms with van der Waals surface area (Å²) in [7, 11) is 0. The number of carbonyl (C=O) groups is 1. The molecular formula is C10H8ClF4NO2. The van der Waals surface area contributed by atoms with Gasteiger partial charge in [0.05, 0.1) is 6.54 Å². The molecular weight excluding hydrogens is 278 g/mol. The van der Waals surface area contributed by atoms with Crippen LogP contribution in [-0.2, 0) is 4.79 Å². The number of hydrogen-bond acceptors (Lipinski definition) is 2. The van der Waals surface area contributed by atoms with Crippen molar-refractivity contribution in [1.29, 1.82) is 0 Å². The van der Waals surface area contributed by atoms with Gasteiger partial charge in [0.15, 0.2) is 0 Å². The predicted molar refractivity (Wildman–Crippen MR) is 55.8 cm³/mol. The van der Waals surface area contributed by atoms with Crippen molar-refractivity contribution >= 4 is 17.6 Å². The van der Waals surface area contributed by atoms with Crippen LogP contribution in [0.25, 0.3) is 0 Å². The maximum atomic E-state index is 13.4. The van der Waals surface area contributed by atoms with E-state index in [9.17, 15) is 22.4 Å². The van der Waals surface area contributed by atoms with Crippen molar-refractivity contribution in [1.82, 2.24) is 5.32 Å². The van der Waals surface area contributed by atoms with Gasteiger partial charge in [0.1, 0.15) is 11.9 Å². The molecule has 0 saturated carbocycles. The van der Waals surface area contributed by atoms with Crippen molar-refractivity contribution < 1.29 is 27.5 Å². The molecule has 0 spiro atoms. The summed E-state index contributed by atoms with van der Waals surface area (Å²) in [5, 5.41) is 10.3. The van der Waals surface area contributed by atoms with Crippen LogP contribution >= 0.6 is 11.6 Å². The Balaban J connectivity index is 3.02. The quantitative estimate of drug-likeness (QED) is 0.836. The summed E-state index contributed by atoms with van der Waals surface area (Å²) in [5.74, 6) is -2.63. The Kier molecular flexibility index (Phi) is 4.53. The van der Waals surface area contributed by atoms with Crippen LogP contribution in [0, 0.1) is 5.82 Å². The second kappa shape index (κ2) is 5.53. The standard InChI is InChI=1S/C10H8ClF4NO2/c11-5-2-1-3-6(12)7(5)8(9(17)18)16-4-10(13,14)15/h1-3,8,16H,4H2,(H,17,18). The van der Waals surface area contributed by atoms with Crippen molar-refractivity contribution in [2.45, 2.75) is 12.2 Å². The largest absolute Gasteiger partial charge is 0.480 e. The van der Waals surface area contributed by atoms with E-state index in [4.69, 9.17) is 16.7 Å². The summed E-state index contributed by atoms with van der Waals surface area (Å²) in [4.78, 5) is 10.9. The van der Waals surface area contributed by atoms with E-state index >= 15 is 0 Å².